The van der Waals surface area contributed by atoms with E-state index >= 15 is 0 Å². The van der Waals surface area contributed by atoms with Crippen LogP contribution in [0.2, 0.25) is 0 Å². The summed E-state index contributed by atoms with van der Waals surface area (Å²) >= 11 is 0. The van der Waals surface area contributed by atoms with Crippen LogP contribution < -0.4 is 5.32 Å². The third-order valence-corrected chi connectivity index (χ3v) is 3.52. The molecule has 2 aromatic rings. The molecule has 0 spiro atoms. The molecule has 1 aromatic carbocycles. The van der Waals surface area contributed by atoms with Gasteiger partial charge in [-0.3, -0.25) is 4.79 Å². The SMILES string of the molecule is CCCC(O)CNC(=O)Cc1c(C)[nH]c2ccccc12. The molecule has 0 saturated carbocycles. The number of hydrogen-bond acceptors (Lipinski definition) is 2. The van der Waals surface area contributed by atoms with Crippen molar-refractivity contribution in [2.45, 2.75) is 39.2 Å². The lowest BCUT2D eigenvalue weighted by Gasteiger charge is -2.10. The summed E-state index contributed by atoms with van der Waals surface area (Å²) in [4.78, 5) is 15.3. The first-order valence-electron chi connectivity index (χ1n) is 7.12. The number of aliphatic hydroxyl groups excluding tert-OH is 1. The van der Waals surface area contributed by atoms with Crippen molar-refractivity contribution in [1.29, 1.82) is 0 Å². The van der Waals surface area contributed by atoms with Crippen molar-refractivity contribution in [2.24, 2.45) is 0 Å². The first-order valence-corrected chi connectivity index (χ1v) is 7.12. The second kappa shape index (κ2) is 6.57. The predicted molar refractivity (Wildman–Crippen MR) is 80.7 cm³/mol. The molecule has 0 aliphatic heterocycles. The summed E-state index contributed by atoms with van der Waals surface area (Å²) in [6, 6.07) is 7.98. The first kappa shape index (κ1) is 14.6. The predicted octanol–water partition coefficient (Wildman–Crippen LogP) is 2.30. The zero-order valence-corrected chi connectivity index (χ0v) is 12.1. The summed E-state index contributed by atoms with van der Waals surface area (Å²) in [6.45, 7) is 4.32. The maximum atomic E-state index is 12.0. The molecule has 4 heteroatoms. The minimum Gasteiger partial charge on any atom is -0.391 e. The van der Waals surface area contributed by atoms with Crippen LogP contribution in [-0.4, -0.2) is 28.6 Å². The molecular formula is C16H22N2O2. The minimum atomic E-state index is -0.451. The van der Waals surface area contributed by atoms with Crippen molar-refractivity contribution in [3.63, 3.8) is 0 Å². The van der Waals surface area contributed by atoms with Gasteiger partial charge >= 0.3 is 0 Å². The number of carbonyl (C=O) groups excluding carboxylic acids is 1. The third-order valence-electron chi connectivity index (χ3n) is 3.52. The Morgan fingerprint density at radius 3 is 2.90 bits per heavy atom. The lowest BCUT2D eigenvalue weighted by atomic mass is 10.1. The number of amides is 1. The molecule has 1 unspecified atom stereocenters. The van der Waals surface area contributed by atoms with Crippen LogP contribution in [0, 0.1) is 6.92 Å². The molecule has 1 amide bonds. The quantitative estimate of drug-likeness (QED) is 0.756. The topological polar surface area (TPSA) is 65.1 Å². The van der Waals surface area contributed by atoms with Crippen LogP contribution in [0.4, 0.5) is 0 Å². The summed E-state index contributed by atoms with van der Waals surface area (Å²) < 4.78 is 0. The lowest BCUT2D eigenvalue weighted by Crippen LogP contribution is -2.33. The Labute approximate surface area is 119 Å². The summed E-state index contributed by atoms with van der Waals surface area (Å²) in [5.41, 5.74) is 3.11. The highest BCUT2D eigenvalue weighted by molar-refractivity contribution is 5.90. The van der Waals surface area contributed by atoms with Crippen LogP contribution in [0.25, 0.3) is 10.9 Å². The fraction of sp³-hybridized carbons (Fsp3) is 0.438. The lowest BCUT2D eigenvalue weighted by molar-refractivity contribution is -0.120. The van der Waals surface area contributed by atoms with Crippen LogP contribution in [0.15, 0.2) is 24.3 Å². The van der Waals surface area contributed by atoms with E-state index in [2.05, 4.69) is 10.3 Å². The molecule has 0 radical (unpaired) electrons. The van der Waals surface area contributed by atoms with Crippen molar-refractivity contribution in [1.82, 2.24) is 10.3 Å². The van der Waals surface area contributed by atoms with Crippen LogP contribution in [-0.2, 0) is 11.2 Å². The second-order valence-electron chi connectivity index (χ2n) is 5.20. The van der Waals surface area contributed by atoms with Crippen LogP contribution in [0.5, 0.6) is 0 Å². The molecule has 4 nitrogen and oxygen atoms in total. The van der Waals surface area contributed by atoms with E-state index in [9.17, 15) is 9.90 Å². The van der Waals surface area contributed by atoms with E-state index in [0.29, 0.717) is 19.4 Å². The number of rotatable bonds is 6. The van der Waals surface area contributed by atoms with Gasteiger partial charge in [-0.25, -0.2) is 0 Å². The van der Waals surface area contributed by atoms with E-state index in [0.717, 1.165) is 28.6 Å². The number of aryl methyl sites for hydroxylation is 1. The Bertz CT molecular complexity index is 589. The van der Waals surface area contributed by atoms with E-state index < -0.39 is 6.10 Å². The third kappa shape index (κ3) is 3.39. The monoisotopic (exact) mass is 274 g/mol. The molecule has 20 heavy (non-hydrogen) atoms. The number of aliphatic hydroxyl groups is 1. The van der Waals surface area contributed by atoms with Gasteiger partial charge in [0.05, 0.1) is 12.5 Å². The van der Waals surface area contributed by atoms with Crippen LogP contribution >= 0.6 is 0 Å². The average molecular weight is 274 g/mol. The zero-order valence-electron chi connectivity index (χ0n) is 12.1. The van der Waals surface area contributed by atoms with Gasteiger partial charge in [-0.05, 0) is 25.0 Å². The highest BCUT2D eigenvalue weighted by Gasteiger charge is 2.12. The van der Waals surface area contributed by atoms with Gasteiger partial charge in [0, 0.05) is 23.1 Å². The number of para-hydroxylation sites is 1. The van der Waals surface area contributed by atoms with E-state index in [1.54, 1.807) is 0 Å². The van der Waals surface area contributed by atoms with E-state index in [-0.39, 0.29) is 5.91 Å². The Balaban J connectivity index is 2.01. The number of aromatic nitrogens is 1. The van der Waals surface area contributed by atoms with E-state index in [4.69, 9.17) is 0 Å². The summed E-state index contributed by atoms with van der Waals surface area (Å²) in [5, 5.41) is 13.5. The Morgan fingerprint density at radius 2 is 2.15 bits per heavy atom. The molecule has 0 bridgehead atoms. The summed E-state index contributed by atoms with van der Waals surface area (Å²) in [6.07, 6.45) is 1.52. The maximum absolute atomic E-state index is 12.0. The molecule has 108 valence electrons. The molecule has 0 saturated heterocycles. The Hall–Kier alpha value is -1.81. The highest BCUT2D eigenvalue weighted by Crippen LogP contribution is 2.22. The molecular weight excluding hydrogens is 252 g/mol. The molecule has 1 aromatic heterocycles. The number of fused-ring (bicyclic) bond motifs is 1. The average Bonchev–Trinajstić information content (AvgIpc) is 2.73. The second-order valence-corrected chi connectivity index (χ2v) is 5.20. The fourth-order valence-electron chi connectivity index (χ4n) is 2.45. The normalized spacial score (nSPS) is 12.6. The number of hydrogen-bond donors (Lipinski definition) is 3. The van der Waals surface area contributed by atoms with Crippen molar-refractivity contribution in [3.8, 4) is 0 Å². The molecule has 1 heterocycles. The van der Waals surface area contributed by atoms with Crippen molar-refractivity contribution in [3.05, 3.63) is 35.5 Å². The van der Waals surface area contributed by atoms with Gasteiger partial charge < -0.3 is 15.4 Å². The van der Waals surface area contributed by atoms with Gasteiger partial charge in [0.2, 0.25) is 5.91 Å². The number of nitrogens with one attached hydrogen (secondary N) is 2. The molecule has 1 atom stereocenters. The van der Waals surface area contributed by atoms with Gasteiger partial charge in [0.25, 0.3) is 0 Å². The summed E-state index contributed by atoms with van der Waals surface area (Å²) in [7, 11) is 0. The number of carbonyl (C=O) groups is 1. The van der Waals surface area contributed by atoms with Gasteiger partial charge in [-0.15, -0.1) is 0 Å². The van der Waals surface area contributed by atoms with Gasteiger partial charge in [0.15, 0.2) is 0 Å². The summed E-state index contributed by atoms with van der Waals surface area (Å²) in [5.74, 6) is -0.0481. The van der Waals surface area contributed by atoms with Crippen molar-refractivity contribution >= 4 is 16.8 Å². The van der Waals surface area contributed by atoms with Gasteiger partial charge in [-0.1, -0.05) is 31.5 Å². The number of H-pyrrole nitrogens is 1. The van der Waals surface area contributed by atoms with Crippen molar-refractivity contribution < 1.29 is 9.90 Å². The molecule has 2 rings (SSSR count). The standard InChI is InChI=1S/C16H22N2O2/c1-3-6-12(19)10-17-16(20)9-14-11(2)18-15-8-5-4-7-13(14)15/h4-5,7-8,12,18-19H,3,6,9-10H2,1-2H3,(H,17,20). The van der Waals surface area contributed by atoms with Gasteiger partial charge in [-0.2, -0.15) is 0 Å². The van der Waals surface area contributed by atoms with Crippen LogP contribution in [0.1, 0.15) is 31.0 Å². The van der Waals surface area contributed by atoms with E-state index in [1.165, 1.54) is 0 Å². The van der Waals surface area contributed by atoms with Crippen molar-refractivity contribution in [2.75, 3.05) is 6.54 Å². The number of aromatic amines is 1. The molecule has 0 fully saturated rings. The van der Waals surface area contributed by atoms with Gasteiger partial charge in [0.1, 0.15) is 0 Å². The first-order chi connectivity index (χ1) is 9.61. The number of benzene rings is 1. The smallest absolute Gasteiger partial charge is 0.224 e. The van der Waals surface area contributed by atoms with Crippen LogP contribution in [0.3, 0.4) is 0 Å². The molecule has 0 aliphatic rings. The molecule has 0 aliphatic carbocycles. The molecule has 3 N–H and O–H groups in total. The highest BCUT2D eigenvalue weighted by atomic mass is 16.3. The minimum absolute atomic E-state index is 0.0481. The largest absolute Gasteiger partial charge is 0.391 e. The Kier molecular flexibility index (Phi) is 4.79. The van der Waals surface area contributed by atoms with E-state index in [1.807, 2.05) is 38.1 Å². The Morgan fingerprint density at radius 1 is 1.40 bits per heavy atom. The fourth-order valence-corrected chi connectivity index (χ4v) is 2.45. The maximum Gasteiger partial charge on any atom is 0.224 e. The zero-order chi connectivity index (χ0) is 14.5.